The van der Waals surface area contributed by atoms with Crippen LogP contribution in [-0.4, -0.2) is 5.11 Å². The Hall–Kier alpha value is -1.61. The lowest BCUT2D eigenvalue weighted by molar-refractivity contribution is 0.216. The van der Waals surface area contributed by atoms with Gasteiger partial charge in [0, 0.05) is 21.0 Å². The predicted molar refractivity (Wildman–Crippen MR) is 84.4 cm³/mol. The summed E-state index contributed by atoms with van der Waals surface area (Å²) in [6.07, 6.45) is -1.11. The highest BCUT2D eigenvalue weighted by Gasteiger charge is 2.18. The van der Waals surface area contributed by atoms with E-state index in [9.17, 15) is 9.50 Å². The van der Waals surface area contributed by atoms with E-state index in [-0.39, 0.29) is 5.56 Å². The lowest BCUT2D eigenvalue weighted by Gasteiger charge is -2.16. The van der Waals surface area contributed by atoms with Crippen molar-refractivity contribution in [1.29, 1.82) is 0 Å². The zero-order chi connectivity index (χ0) is 15.0. The van der Waals surface area contributed by atoms with Crippen LogP contribution in [0, 0.1) is 5.82 Å². The predicted octanol–water partition coefficient (Wildman–Crippen LogP) is 5.37. The van der Waals surface area contributed by atoms with Crippen LogP contribution in [0.2, 0.25) is 10.0 Å². The fourth-order valence-electron chi connectivity index (χ4n) is 2.42. The van der Waals surface area contributed by atoms with Crippen LogP contribution in [0.5, 0.6) is 0 Å². The van der Waals surface area contributed by atoms with Gasteiger partial charge in [-0.1, -0.05) is 53.5 Å². The summed E-state index contributed by atoms with van der Waals surface area (Å²) in [4.78, 5) is 0. The van der Waals surface area contributed by atoms with Gasteiger partial charge in [0.25, 0.3) is 0 Å². The lowest BCUT2D eigenvalue weighted by atomic mass is 9.95. The molecule has 3 aromatic carbocycles. The molecule has 0 spiro atoms. The van der Waals surface area contributed by atoms with Crippen molar-refractivity contribution >= 4 is 34.0 Å². The third-order valence-corrected chi connectivity index (χ3v) is 4.02. The molecule has 106 valence electrons. The van der Waals surface area contributed by atoms with Gasteiger partial charge in [0.15, 0.2) is 0 Å². The largest absolute Gasteiger partial charge is 0.384 e. The van der Waals surface area contributed by atoms with E-state index in [1.54, 1.807) is 12.1 Å². The molecule has 0 bridgehead atoms. The van der Waals surface area contributed by atoms with Crippen LogP contribution in [0.15, 0.2) is 54.6 Å². The van der Waals surface area contributed by atoms with Gasteiger partial charge in [0.2, 0.25) is 0 Å². The van der Waals surface area contributed by atoms with Gasteiger partial charge in [-0.25, -0.2) is 4.39 Å². The minimum Gasteiger partial charge on any atom is -0.384 e. The van der Waals surface area contributed by atoms with E-state index in [0.717, 1.165) is 10.8 Å². The molecule has 3 rings (SSSR count). The Labute approximate surface area is 131 Å². The monoisotopic (exact) mass is 320 g/mol. The number of hydrogen-bond donors (Lipinski definition) is 1. The molecule has 0 saturated carbocycles. The van der Waals surface area contributed by atoms with Crippen molar-refractivity contribution < 1.29 is 9.50 Å². The average molecular weight is 321 g/mol. The summed E-state index contributed by atoms with van der Waals surface area (Å²) >= 11 is 12.1. The van der Waals surface area contributed by atoms with Crippen molar-refractivity contribution in [3.63, 3.8) is 0 Å². The Balaban J connectivity index is 2.20. The van der Waals surface area contributed by atoms with E-state index < -0.39 is 11.9 Å². The molecule has 0 saturated heterocycles. The van der Waals surface area contributed by atoms with Crippen molar-refractivity contribution in [3.05, 3.63) is 81.6 Å². The first-order valence-electron chi connectivity index (χ1n) is 6.38. The Bertz CT molecular complexity index is 817. The maximum atomic E-state index is 13.9. The molecule has 0 heterocycles. The fourth-order valence-corrected chi connectivity index (χ4v) is 2.82. The fraction of sp³-hybridized carbons (Fsp3) is 0.0588. The first-order valence-corrected chi connectivity index (χ1v) is 7.13. The second-order valence-electron chi connectivity index (χ2n) is 4.75. The normalized spacial score (nSPS) is 12.6. The number of halogens is 3. The molecular formula is C17H11Cl2FO. The van der Waals surface area contributed by atoms with Crippen molar-refractivity contribution in [2.24, 2.45) is 0 Å². The average Bonchev–Trinajstić information content (AvgIpc) is 2.50. The molecule has 1 N–H and O–H groups in total. The molecule has 21 heavy (non-hydrogen) atoms. The van der Waals surface area contributed by atoms with E-state index in [2.05, 4.69) is 0 Å². The quantitative estimate of drug-likeness (QED) is 0.673. The molecule has 3 aromatic rings. The molecule has 0 radical (unpaired) electrons. The molecule has 0 aliphatic heterocycles. The van der Waals surface area contributed by atoms with Crippen LogP contribution in [0.4, 0.5) is 4.39 Å². The first-order chi connectivity index (χ1) is 10.1. The summed E-state index contributed by atoms with van der Waals surface area (Å²) in [5.74, 6) is -0.495. The summed E-state index contributed by atoms with van der Waals surface area (Å²) in [7, 11) is 0. The second-order valence-corrected chi connectivity index (χ2v) is 5.59. The summed E-state index contributed by atoms with van der Waals surface area (Å²) in [5.41, 5.74) is 0.742. The SMILES string of the molecule is OC(c1cc(Cl)ccc1F)c1ccc(Cl)c2ccccc12. The Morgan fingerprint density at radius 2 is 1.57 bits per heavy atom. The number of rotatable bonds is 2. The Morgan fingerprint density at radius 1 is 0.857 bits per heavy atom. The summed E-state index contributed by atoms with van der Waals surface area (Å²) in [5, 5.41) is 13.1. The van der Waals surface area contributed by atoms with Crippen molar-refractivity contribution in [1.82, 2.24) is 0 Å². The van der Waals surface area contributed by atoms with Gasteiger partial charge in [-0.3, -0.25) is 0 Å². The van der Waals surface area contributed by atoms with E-state index in [4.69, 9.17) is 23.2 Å². The van der Waals surface area contributed by atoms with Crippen LogP contribution in [0.25, 0.3) is 10.8 Å². The molecule has 0 aliphatic rings. The van der Waals surface area contributed by atoms with Gasteiger partial charge in [-0.15, -0.1) is 0 Å². The zero-order valence-electron chi connectivity index (χ0n) is 10.9. The highest BCUT2D eigenvalue weighted by Crippen LogP contribution is 2.34. The minimum atomic E-state index is -1.11. The number of aliphatic hydroxyl groups excluding tert-OH is 1. The van der Waals surface area contributed by atoms with E-state index >= 15 is 0 Å². The minimum absolute atomic E-state index is 0.148. The van der Waals surface area contributed by atoms with Gasteiger partial charge in [-0.2, -0.15) is 0 Å². The van der Waals surface area contributed by atoms with Gasteiger partial charge in [0.1, 0.15) is 11.9 Å². The molecule has 1 unspecified atom stereocenters. The topological polar surface area (TPSA) is 20.2 Å². The molecular weight excluding hydrogens is 310 g/mol. The highest BCUT2D eigenvalue weighted by molar-refractivity contribution is 6.35. The third-order valence-electron chi connectivity index (χ3n) is 3.45. The standard InChI is InChI=1S/C17H11Cl2FO/c18-10-5-8-16(20)14(9-10)17(21)13-6-7-15(19)12-4-2-1-3-11(12)13/h1-9,17,21H. The van der Waals surface area contributed by atoms with Gasteiger partial charge in [0.05, 0.1) is 0 Å². The Kier molecular flexibility index (Phi) is 3.85. The van der Waals surface area contributed by atoms with Crippen LogP contribution < -0.4 is 0 Å². The molecule has 1 atom stereocenters. The maximum absolute atomic E-state index is 13.9. The van der Waals surface area contributed by atoms with E-state index in [0.29, 0.717) is 15.6 Å². The molecule has 4 heteroatoms. The third kappa shape index (κ3) is 2.62. The molecule has 0 amide bonds. The number of fused-ring (bicyclic) bond motifs is 1. The Morgan fingerprint density at radius 3 is 2.33 bits per heavy atom. The number of benzene rings is 3. The van der Waals surface area contributed by atoms with E-state index in [1.165, 1.54) is 18.2 Å². The first kappa shape index (κ1) is 14.3. The van der Waals surface area contributed by atoms with Crippen molar-refractivity contribution in [2.45, 2.75) is 6.10 Å². The second kappa shape index (κ2) is 5.64. The zero-order valence-corrected chi connectivity index (χ0v) is 12.4. The number of hydrogen-bond acceptors (Lipinski definition) is 1. The van der Waals surface area contributed by atoms with Gasteiger partial charge < -0.3 is 5.11 Å². The van der Waals surface area contributed by atoms with Gasteiger partial charge in [-0.05, 0) is 35.2 Å². The van der Waals surface area contributed by atoms with Crippen LogP contribution in [0.3, 0.4) is 0 Å². The van der Waals surface area contributed by atoms with Crippen molar-refractivity contribution in [2.75, 3.05) is 0 Å². The van der Waals surface area contributed by atoms with Crippen LogP contribution in [0.1, 0.15) is 17.2 Å². The summed E-state index contributed by atoms with van der Waals surface area (Å²) in [6.45, 7) is 0. The molecule has 0 aromatic heterocycles. The van der Waals surface area contributed by atoms with Gasteiger partial charge >= 0.3 is 0 Å². The smallest absolute Gasteiger partial charge is 0.129 e. The molecule has 0 fully saturated rings. The van der Waals surface area contributed by atoms with Crippen molar-refractivity contribution in [3.8, 4) is 0 Å². The molecule has 0 aliphatic carbocycles. The lowest BCUT2D eigenvalue weighted by Crippen LogP contribution is -2.03. The maximum Gasteiger partial charge on any atom is 0.129 e. The van der Waals surface area contributed by atoms with Crippen LogP contribution >= 0.6 is 23.2 Å². The summed E-state index contributed by atoms with van der Waals surface area (Å²) in [6, 6.07) is 15.0. The van der Waals surface area contributed by atoms with E-state index in [1.807, 2.05) is 24.3 Å². The van der Waals surface area contributed by atoms with Crippen LogP contribution in [-0.2, 0) is 0 Å². The summed E-state index contributed by atoms with van der Waals surface area (Å²) < 4.78 is 13.9. The highest BCUT2D eigenvalue weighted by atomic mass is 35.5. The molecule has 1 nitrogen and oxygen atoms in total. The number of aliphatic hydroxyl groups is 1.